The van der Waals surface area contributed by atoms with Crippen LogP contribution in [0.3, 0.4) is 0 Å². The molecule has 6 rings (SSSR count). The number of nitrogens with one attached hydrogen (secondary N) is 2. The molecule has 7 N–H and O–H groups in total. The van der Waals surface area contributed by atoms with Gasteiger partial charge in [-0.1, -0.05) is 74.7 Å². The molecule has 1 unspecified atom stereocenters. The van der Waals surface area contributed by atoms with Gasteiger partial charge in [0.2, 0.25) is 0 Å². The Bertz CT molecular complexity index is 1710. The van der Waals surface area contributed by atoms with Gasteiger partial charge in [0.1, 0.15) is 12.4 Å². The second kappa shape index (κ2) is 18.7. The molecule has 10 heteroatoms. The van der Waals surface area contributed by atoms with Crippen LogP contribution in [0.4, 0.5) is 5.69 Å². The van der Waals surface area contributed by atoms with Crippen molar-refractivity contribution in [2.45, 2.75) is 57.7 Å². The van der Waals surface area contributed by atoms with Crippen LogP contribution < -0.4 is 10.5 Å². The van der Waals surface area contributed by atoms with Gasteiger partial charge in [0.25, 0.3) is 0 Å². The predicted molar refractivity (Wildman–Crippen MR) is 183 cm³/mol. The summed E-state index contributed by atoms with van der Waals surface area (Å²) < 4.78 is 5.70. The van der Waals surface area contributed by atoms with E-state index in [1.54, 1.807) is 18.2 Å². The van der Waals surface area contributed by atoms with Crippen LogP contribution >= 0.6 is 0 Å². The van der Waals surface area contributed by atoms with Crippen LogP contribution in [0.25, 0.3) is 38.8 Å². The number of carboxylic acids is 1. The number of anilines is 1. The normalized spacial score (nSPS) is 15.1. The average molecular weight is 803 g/mol. The molecule has 0 aliphatic heterocycles. The Morgan fingerprint density at radius 1 is 0.935 bits per heavy atom. The number of nitrogens with two attached hydrogens (primary N) is 1. The fourth-order valence-corrected chi connectivity index (χ4v) is 5.04. The molecule has 0 spiro atoms. The van der Waals surface area contributed by atoms with E-state index in [0.717, 1.165) is 34.8 Å². The molecule has 244 valence electrons. The summed E-state index contributed by atoms with van der Waals surface area (Å²) in [6.07, 6.45) is 7.73. The van der Waals surface area contributed by atoms with Crippen LogP contribution in [-0.2, 0) is 32.5 Å². The number of aromatic nitrogens is 2. The van der Waals surface area contributed by atoms with E-state index in [2.05, 4.69) is 41.7 Å². The zero-order valence-electron chi connectivity index (χ0n) is 25.8. The van der Waals surface area contributed by atoms with Crippen molar-refractivity contribution in [3.05, 3.63) is 126 Å². The fourth-order valence-electron chi connectivity index (χ4n) is 5.04. The molecule has 9 nitrogen and oxygen atoms in total. The second-order valence-corrected chi connectivity index (χ2v) is 10.9. The number of rotatable bonds is 6. The molecule has 5 aromatic rings. The minimum absolute atomic E-state index is 0. The van der Waals surface area contributed by atoms with E-state index in [-0.39, 0.29) is 45.0 Å². The summed E-state index contributed by atoms with van der Waals surface area (Å²) in [7, 11) is 0. The molecular formula is C36H41N5O4Pt. The molecule has 1 aliphatic rings. The summed E-state index contributed by atoms with van der Waals surface area (Å²) in [6.45, 7) is 6.32. The molecule has 1 aliphatic carbocycles. The van der Waals surface area contributed by atoms with Crippen molar-refractivity contribution >= 4 is 39.0 Å². The van der Waals surface area contributed by atoms with Crippen molar-refractivity contribution in [1.29, 1.82) is 0 Å². The number of carbonyl (C=O) groups is 1. The third-order valence-corrected chi connectivity index (χ3v) is 7.45. The van der Waals surface area contributed by atoms with E-state index in [1.807, 2.05) is 54.9 Å². The maximum absolute atomic E-state index is 10.8. The van der Waals surface area contributed by atoms with Gasteiger partial charge in [-0.3, -0.25) is 14.8 Å². The number of pyridine rings is 2. The first kappa shape index (κ1) is 38.0. The molecule has 0 amide bonds. The number of hydrogen-bond acceptors (Lipinski definition) is 5. The van der Waals surface area contributed by atoms with Crippen molar-refractivity contribution in [2.75, 3.05) is 5.73 Å². The van der Waals surface area contributed by atoms with Crippen molar-refractivity contribution < 1.29 is 41.2 Å². The first-order chi connectivity index (χ1) is 21.2. The smallest absolute Gasteiger partial charge is 0.676 e. The minimum atomic E-state index is -0.935. The molecule has 46 heavy (non-hydrogen) atoms. The fraction of sp³-hybridized carbons (Fsp3) is 0.250. The third kappa shape index (κ3) is 10.7. The third-order valence-electron chi connectivity index (χ3n) is 7.45. The number of ether oxygens (including phenoxy) is 1. The molecule has 3 aromatic carbocycles. The summed E-state index contributed by atoms with van der Waals surface area (Å²) in [5.74, 6) is -0.301. The van der Waals surface area contributed by atoms with Crippen molar-refractivity contribution in [3.8, 4) is 5.75 Å². The Labute approximate surface area is 284 Å². The molecule has 0 saturated heterocycles. The van der Waals surface area contributed by atoms with Crippen LogP contribution in [0, 0.1) is 6.92 Å². The van der Waals surface area contributed by atoms with Gasteiger partial charge in [0.15, 0.2) is 0 Å². The number of carboxylic acid groups (broad SMARTS) is 1. The van der Waals surface area contributed by atoms with Gasteiger partial charge in [-0.25, -0.2) is 0 Å². The molecule has 2 aromatic heterocycles. The first-order valence-electron chi connectivity index (χ1n) is 14.7. The Hall–Kier alpha value is -4.14. The zero-order chi connectivity index (χ0) is 31.5. The molecule has 0 bridgehead atoms. The van der Waals surface area contributed by atoms with E-state index in [1.165, 1.54) is 23.8 Å². The second-order valence-electron chi connectivity index (χ2n) is 10.9. The Balaban J connectivity index is 0.000000257. The maximum atomic E-state index is 10.8. The predicted octanol–water partition coefficient (Wildman–Crippen LogP) is 8.00. The van der Waals surface area contributed by atoms with Gasteiger partial charge in [0, 0.05) is 34.4 Å². The van der Waals surface area contributed by atoms with E-state index in [0.29, 0.717) is 29.2 Å². The Kier molecular flexibility index (Phi) is 15.5. The number of fused-ring (bicyclic) bond motifs is 3. The van der Waals surface area contributed by atoms with Crippen LogP contribution in [0.15, 0.2) is 97.8 Å². The summed E-state index contributed by atoms with van der Waals surface area (Å²) in [4.78, 5) is 19.6. The average Bonchev–Trinajstić information content (AvgIpc) is 3.03. The molecule has 2 heterocycles. The van der Waals surface area contributed by atoms with Crippen molar-refractivity contribution in [1.82, 2.24) is 9.97 Å². The first-order valence-corrected chi connectivity index (χ1v) is 14.7. The minimum Gasteiger partial charge on any atom is -0.676 e. The van der Waals surface area contributed by atoms with Gasteiger partial charge in [-0.2, -0.15) is 12.1 Å². The standard InChI is InChI=1S/C17H17NO3.C13H10N2.C6H12N2.H2O.Pt/c1-12(9-17(19)20)15-10-14(7-8-16(15)18)21-11-13-5-3-2-4-6-13;1-9-8-10-4-2-6-14-12(10)13-11(9)5-3-7-15-13;7-5-3-1-2-4-6(5)8;;/h2-8,10H,1,9,11,18H2,(H,19,20);2-8H,1H3;5-8H,1-4H2;1H2;/q;;-2;;+2/t;;5-,6?;;/m..0../s1. The van der Waals surface area contributed by atoms with Gasteiger partial charge in [0.05, 0.1) is 17.5 Å². The van der Waals surface area contributed by atoms with Crippen LogP contribution in [-0.4, -0.2) is 38.6 Å². The number of nitrogen functional groups attached to an aromatic ring is 1. The number of benzene rings is 3. The van der Waals surface area contributed by atoms with Gasteiger partial charge >= 0.3 is 27.0 Å². The monoisotopic (exact) mass is 802 g/mol. The molecular weight excluding hydrogens is 762 g/mol. The van der Waals surface area contributed by atoms with E-state index < -0.39 is 5.97 Å². The SMILES string of the molecule is C=C(CC(=O)O)c1cc(OCc2ccccc2)ccc1N.Cc1cc2cccnc2c2ncccc12.O.[NH-]C1CCCC[C@@H]1[NH-].[Pt+2]. The topological polar surface area (TPSA) is 177 Å². The number of aliphatic carboxylic acids is 1. The van der Waals surface area contributed by atoms with E-state index in [4.69, 9.17) is 27.0 Å². The van der Waals surface area contributed by atoms with Crippen molar-refractivity contribution in [3.63, 3.8) is 0 Å². The number of aryl methyl sites for hydroxylation is 1. The number of nitrogens with zero attached hydrogens (tertiary/aromatic N) is 2. The molecule has 2 atom stereocenters. The number of hydrogen-bond donors (Lipinski definition) is 2. The molecule has 0 radical (unpaired) electrons. The molecule has 1 fully saturated rings. The summed E-state index contributed by atoms with van der Waals surface area (Å²) in [5, 5.41) is 11.2. The van der Waals surface area contributed by atoms with Crippen LogP contribution in [0.1, 0.15) is 48.8 Å². The maximum Gasteiger partial charge on any atom is 2.00 e. The van der Waals surface area contributed by atoms with Gasteiger partial charge in [-0.15, -0.1) is 0 Å². The summed E-state index contributed by atoms with van der Waals surface area (Å²) in [5.41, 5.74) is 26.3. The van der Waals surface area contributed by atoms with E-state index >= 15 is 0 Å². The quantitative estimate of drug-likeness (QED) is 0.130. The van der Waals surface area contributed by atoms with E-state index in [9.17, 15) is 4.79 Å². The van der Waals surface area contributed by atoms with Crippen LogP contribution in [0.5, 0.6) is 5.75 Å². The summed E-state index contributed by atoms with van der Waals surface area (Å²) in [6, 6.07) is 25.0. The largest absolute Gasteiger partial charge is 2.00 e. The van der Waals surface area contributed by atoms with Crippen LogP contribution in [0.2, 0.25) is 0 Å². The van der Waals surface area contributed by atoms with Gasteiger partial charge < -0.3 is 32.5 Å². The summed E-state index contributed by atoms with van der Waals surface area (Å²) >= 11 is 0. The van der Waals surface area contributed by atoms with Gasteiger partial charge in [-0.05, 0) is 60.0 Å². The molecule has 1 saturated carbocycles. The van der Waals surface area contributed by atoms with Crippen molar-refractivity contribution in [2.24, 2.45) is 0 Å². The Morgan fingerprint density at radius 2 is 1.57 bits per heavy atom. The Morgan fingerprint density at radius 3 is 2.20 bits per heavy atom. The zero-order valence-corrected chi connectivity index (χ0v) is 28.1.